The largest absolute Gasteiger partial charge is 0.461 e. The van der Waals surface area contributed by atoms with E-state index in [-0.39, 0.29) is 18.1 Å². The lowest BCUT2D eigenvalue weighted by molar-refractivity contribution is -0.164. The van der Waals surface area contributed by atoms with Gasteiger partial charge in [0.15, 0.2) is 6.33 Å². The molecule has 0 spiro atoms. The summed E-state index contributed by atoms with van der Waals surface area (Å²) in [5.41, 5.74) is 1.99. The SMILES string of the molecule is C=C1/C(=C\C=C2/CCC[C@]3(C)[C@@H]([C@H](C)CC[C@H](OC(=O)C(C)(C)CO)C4(c5ncno5)CC4)CC[C@@H]23)C[C@@H](O)C[C@@H]1O. The van der Waals surface area contributed by atoms with Crippen LogP contribution in [0, 0.1) is 28.6 Å². The lowest BCUT2D eigenvalue weighted by atomic mass is 9.60. The molecule has 3 N–H and O–H groups in total. The van der Waals surface area contributed by atoms with Crippen LogP contribution in [0.4, 0.5) is 0 Å². The number of carbonyl (C=O) groups excluding carboxylic acids is 1. The van der Waals surface area contributed by atoms with Crippen LogP contribution in [0.1, 0.15) is 104 Å². The Labute approximate surface area is 250 Å². The van der Waals surface area contributed by atoms with Crippen LogP contribution >= 0.6 is 0 Å². The molecule has 4 fully saturated rings. The van der Waals surface area contributed by atoms with Gasteiger partial charge in [0.2, 0.25) is 5.89 Å². The van der Waals surface area contributed by atoms with Gasteiger partial charge in [0.1, 0.15) is 6.10 Å². The van der Waals surface area contributed by atoms with Gasteiger partial charge in [-0.15, -0.1) is 0 Å². The number of rotatable bonds is 10. The van der Waals surface area contributed by atoms with Crippen LogP contribution in [0.5, 0.6) is 0 Å². The summed E-state index contributed by atoms with van der Waals surface area (Å²) in [4.78, 5) is 17.4. The quantitative estimate of drug-likeness (QED) is 0.305. The molecular weight excluding hydrogens is 532 g/mol. The van der Waals surface area contributed by atoms with Crippen molar-refractivity contribution < 1.29 is 29.4 Å². The Balaban J connectivity index is 1.29. The Hall–Kier alpha value is -2.29. The lowest BCUT2D eigenvalue weighted by Gasteiger charge is -2.44. The summed E-state index contributed by atoms with van der Waals surface area (Å²) in [6.07, 6.45) is 14.3. The molecule has 8 heteroatoms. The first kappa shape index (κ1) is 31.1. The molecule has 0 unspecified atom stereocenters. The number of ether oxygens (including phenoxy) is 1. The summed E-state index contributed by atoms with van der Waals surface area (Å²) in [6, 6.07) is 0. The van der Waals surface area contributed by atoms with E-state index in [1.54, 1.807) is 13.8 Å². The van der Waals surface area contributed by atoms with Gasteiger partial charge in [-0.1, -0.05) is 43.3 Å². The average Bonchev–Trinajstić information content (AvgIpc) is 3.39. The highest BCUT2D eigenvalue weighted by Crippen LogP contribution is 2.60. The van der Waals surface area contributed by atoms with Crippen molar-refractivity contribution in [2.24, 2.45) is 28.6 Å². The Kier molecular flexibility index (Phi) is 8.90. The highest BCUT2D eigenvalue weighted by Gasteiger charge is 2.58. The van der Waals surface area contributed by atoms with Crippen LogP contribution in [0.3, 0.4) is 0 Å². The van der Waals surface area contributed by atoms with Crippen LogP contribution in [0.2, 0.25) is 0 Å². The molecule has 0 radical (unpaired) electrons. The van der Waals surface area contributed by atoms with Gasteiger partial charge in [-0.05, 0) is 112 Å². The van der Waals surface area contributed by atoms with Crippen LogP contribution < -0.4 is 0 Å². The molecule has 7 atom stereocenters. The smallest absolute Gasteiger partial charge is 0.314 e. The maximum Gasteiger partial charge on any atom is 0.314 e. The maximum atomic E-state index is 13.1. The third-order valence-electron chi connectivity index (χ3n) is 11.3. The molecule has 0 amide bonds. The molecule has 4 aliphatic carbocycles. The standard InChI is InChI=1S/C34H50N2O6/c1-21(8-13-29(41-31(40)32(3,4)19-37)34(15-16-34)30-35-20-36-42-30)26-11-12-27-23(7-6-14-33(26,27)5)9-10-24-17-25(38)18-28(39)22(24)2/h9-10,20-21,25-29,37-39H,2,6-8,11-19H2,1,3-5H3/b23-9+,24-10-/t21-,25-,26-,27+,28+,29+,33-/m1/s1. The highest BCUT2D eigenvalue weighted by molar-refractivity contribution is 5.76. The molecule has 1 heterocycles. The summed E-state index contributed by atoms with van der Waals surface area (Å²) in [7, 11) is 0. The van der Waals surface area contributed by atoms with Gasteiger partial charge in [-0.3, -0.25) is 4.79 Å². The van der Waals surface area contributed by atoms with Gasteiger partial charge in [-0.2, -0.15) is 4.98 Å². The average molecular weight is 583 g/mol. The second-order valence-electron chi connectivity index (χ2n) is 14.6. The first-order valence-electron chi connectivity index (χ1n) is 16.0. The molecule has 0 aliphatic heterocycles. The predicted octanol–water partition coefficient (Wildman–Crippen LogP) is 5.59. The summed E-state index contributed by atoms with van der Waals surface area (Å²) >= 11 is 0. The van der Waals surface area contributed by atoms with E-state index in [1.165, 1.54) is 31.2 Å². The first-order chi connectivity index (χ1) is 19.9. The zero-order valence-electron chi connectivity index (χ0n) is 25.8. The molecule has 4 saturated carbocycles. The van der Waals surface area contributed by atoms with Crippen LogP contribution in [0.25, 0.3) is 0 Å². The summed E-state index contributed by atoms with van der Waals surface area (Å²) in [5, 5.41) is 34.0. The van der Waals surface area contributed by atoms with E-state index in [4.69, 9.17) is 9.26 Å². The second-order valence-corrected chi connectivity index (χ2v) is 14.6. The molecule has 5 rings (SSSR count). The fourth-order valence-corrected chi connectivity index (χ4v) is 8.30. The normalized spacial score (nSPS) is 34.3. The van der Waals surface area contributed by atoms with Crippen molar-refractivity contribution in [2.75, 3.05) is 6.61 Å². The fourth-order valence-electron chi connectivity index (χ4n) is 8.30. The van der Waals surface area contributed by atoms with Crippen molar-refractivity contribution >= 4 is 5.97 Å². The van der Waals surface area contributed by atoms with Crippen LogP contribution in [-0.4, -0.2) is 56.3 Å². The molecule has 1 aromatic heterocycles. The maximum absolute atomic E-state index is 13.1. The zero-order chi connectivity index (χ0) is 30.3. The van der Waals surface area contributed by atoms with Gasteiger partial charge in [0.05, 0.1) is 29.6 Å². The highest BCUT2D eigenvalue weighted by atomic mass is 16.5. The van der Waals surface area contributed by atoms with Crippen molar-refractivity contribution in [1.29, 1.82) is 0 Å². The van der Waals surface area contributed by atoms with Gasteiger partial charge in [-0.25, -0.2) is 0 Å². The van der Waals surface area contributed by atoms with Crippen molar-refractivity contribution in [3.8, 4) is 0 Å². The topological polar surface area (TPSA) is 126 Å². The second kappa shape index (κ2) is 12.0. The van der Waals surface area contributed by atoms with E-state index in [2.05, 4.69) is 42.7 Å². The Bertz CT molecular complexity index is 1200. The van der Waals surface area contributed by atoms with Gasteiger partial charge in [0, 0.05) is 6.42 Å². The molecule has 1 aromatic rings. The van der Waals surface area contributed by atoms with Gasteiger partial charge in [0.25, 0.3) is 0 Å². The number of allylic oxidation sites excluding steroid dienone is 3. The van der Waals surface area contributed by atoms with Gasteiger partial charge < -0.3 is 24.6 Å². The van der Waals surface area contributed by atoms with Gasteiger partial charge >= 0.3 is 5.97 Å². The first-order valence-corrected chi connectivity index (χ1v) is 16.0. The monoisotopic (exact) mass is 582 g/mol. The molecule has 8 nitrogen and oxygen atoms in total. The molecule has 42 heavy (non-hydrogen) atoms. The Morgan fingerprint density at radius 1 is 1.24 bits per heavy atom. The van der Waals surface area contributed by atoms with Crippen molar-refractivity contribution in [1.82, 2.24) is 10.1 Å². The van der Waals surface area contributed by atoms with E-state index in [1.807, 2.05) is 0 Å². The number of aromatic nitrogens is 2. The van der Waals surface area contributed by atoms with Crippen molar-refractivity contribution in [3.63, 3.8) is 0 Å². The van der Waals surface area contributed by atoms with Crippen molar-refractivity contribution in [3.05, 3.63) is 47.7 Å². The fraction of sp³-hybridized carbons (Fsp3) is 0.735. The van der Waals surface area contributed by atoms with Crippen molar-refractivity contribution in [2.45, 2.75) is 122 Å². The Morgan fingerprint density at radius 2 is 2.00 bits per heavy atom. The molecule has 0 bridgehead atoms. The minimum Gasteiger partial charge on any atom is -0.461 e. The minimum absolute atomic E-state index is 0.208. The number of hydrogen-bond donors (Lipinski definition) is 3. The number of esters is 1. The number of nitrogens with zero attached hydrogens (tertiary/aromatic N) is 2. The molecule has 0 aromatic carbocycles. The number of aliphatic hydroxyl groups excluding tert-OH is 3. The minimum atomic E-state index is -0.971. The molecule has 232 valence electrons. The van der Waals surface area contributed by atoms with Crippen LogP contribution in [-0.2, 0) is 14.9 Å². The third-order valence-corrected chi connectivity index (χ3v) is 11.3. The number of aliphatic hydroxyl groups is 3. The third kappa shape index (κ3) is 5.91. The van der Waals surface area contributed by atoms with Crippen LogP contribution in [0.15, 0.2) is 46.3 Å². The molecular formula is C34H50N2O6. The summed E-state index contributed by atoms with van der Waals surface area (Å²) < 4.78 is 11.6. The zero-order valence-corrected chi connectivity index (χ0v) is 25.8. The predicted molar refractivity (Wildman–Crippen MR) is 159 cm³/mol. The van der Waals surface area contributed by atoms with E-state index in [9.17, 15) is 20.1 Å². The van der Waals surface area contributed by atoms with E-state index in [0.29, 0.717) is 36.5 Å². The lowest BCUT2D eigenvalue weighted by Crippen LogP contribution is -2.39. The number of hydrogen-bond acceptors (Lipinski definition) is 8. The molecule has 4 aliphatic rings. The number of fused-ring (bicyclic) bond motifs is 1. The summed E-state index contributed by atoms with van der Waals surface area (Å²) in [5.74, 6) is 1.69. The van der Waals surface area contributed by atoms with E-state index >= 15 is 0 Å². The Morgan fingerprint density at radius 3 is 2.67 bits per heavy atom. The van der Waals surface area contributed by atoms with E-state index < -0.39 is 29.0 Å². The summed E-state index contributed by atoms with van der Waals surface area (Å²) in [6.45, 7) is 12.1. The molecule has 0 saturated heterocycles. The van der Waals surface area contributed by atoms with E-state index in [0.717, 1.165) is 49.7 Å². The number of carbonyl (C=O) groups is 1.